The van der Waals surface area contributed by atoms with E-state index >= 15 is 0 Å². The first-order valence-electron chi connectivity index (χ1n) is 4.84. The Bertz CT molecular complexity index is 646. The first kappa shape index (κ1) is 8.24. The highest BCUT2D eigenvalue weighted by Gasteiger charge is 2.03. The summed E-state index contributed by atoms with van der Waals surface area (Å²) in [5, 5.41) is 13.4. The second-order valence-corrected chi connectivity index (χ2v) is 3.57. The summed E-state index contributed by atoms with van der Waals surface area (Å²) >= 11 is 0. The van der Waals surface area contributed by atoms with Crippen LogP contribution in [0.5, 0.6) is 5.75 Å². The van der Waals surface area contributed by atoms with Crippen molar-refractivity contribution < 1.29 is 9.51 Å². The van der Waals surface area contributed by atoms with Crippen molar-refractivity contribution in [1.82, 2.24) is 0 Å². The Labute approximate surface area is 87.0 Å². The Morgan fingerprint density at radius 1 is 1.00 bits per heavy atom. The van der Waals surface area contributed by atoms with Gasteiger partial charge in [0.15, 0.2) is 12.4 Å². The van der Waals surface area contributed by atoms with E-state index in [2.05, 4.69) is 0 Å². The summed E-state index contributed by atoms with van der Waals surface area (Å²) in [5.74, 6) is 0.0823. The van der Waals surface area contributed by atoms with Crippen LogP contribution < -0.4 is 9.51 Å². The van der Waals surface area contributed by atoms with Crippen molar-refractivity contribution in [3.05, 3.63) is 54.9 Å². The van der Waals surface area contributed by atoms with Crippen LogP contribution in [0.2, 0.25) is 0 Å². The van der Waals surface area contributed by atoms with E-state index in [1.54, 1.807) is 12.1 Å². The molecular formula is C13H9NO. The van der Waals surface area contributed by atoms with Crippen molar-refractivity contribution in [2.75, 3.05) is 0 Å². The molecule has 2 heteroatoms. The van der Waals surface area contributed by atoms with Crippen molar-refractivity contribution >= 4 is 16.3 Å². The summed E-state index contributed by atoms with van der Waals surface area (Å²) in [4.78, 5) is 0. The van der Waals surface area contributed by atoms with Gasteiger partial charge in [-0.2, -0.15) is 4.40 Å². The van der Waals surface area contributed by atoms with E-state index < -0.39 is 0 Å². The summed E-state index contributed by atoms with van der Waals surface area (Å²) in [6.45, 7) is 0. The molecule has 3 rings (SSSR count). The molecule has 2 aromatic heterocycles. The van der Waals surface area contributed by atoms with Gasteiger partial charge in [0.2, 0.25) is 5.52 Å². The van der Waals surface area contributed by atoms with Gasteiger partial charge in [-0.1, -0.05) is 12.1 Å². The number of hydrogen-bond donors (Lipinski definition) is 0. The largest absolute Gasteiger partial charge is 0.872 e. The van der Waals surface area contributed by atoms with Gasteiger partial charge < -0.3 is 5.11 Å². The smallest absolute Gasteiger partial charge is 0.211 e. The van der Waals surface area contributed by atoms with Gasteiger partial charge >= 0.3 is 0 Å². The highest BCUT2D eigenvalue weighted by molar-refractivity contribution is 5.88. The molecule has 0 aliphatic rings. The average molecular weight is 195 g/mol. The molecule has 0 N–H and O–H groups in total. The van der Waals surface area contributed by atoms with Crippen LogP contribution in [0, 0.1) is 0 Å². The highest BCUT2D eigenvalue weighted by atomic mass is 16.3. The van der Waals surface area contributed by atoms with Crippen LogP contribution in [0.15, 0.2) is 54.9 Å². The summed E-state index contributed by atoms with van der Waals surface area (Å²) in [6, 6.07) is 13.2. The minimum atomic E-state index is 0.0823. The molecule has 72 valence electrons. The molecule has 0 unspecified atom stereocenters. The summed E-state index contributed by atoms with van der Waals surface area (Å²) in [6.07, 6.45) is 3.96. The molecule has 0 atom stereocenters. The number of fused-ring (bicyclic) bond motifs is 2. The molecule has 1 aromatic carbocycles. The number of hydrogen-bond acceptors (Lipinski definition) is 1. The van der Waals surface area contributed by atoms with Crippen molar-refractivity contribution in [1.29, 1.82) is 0 Å². The average Bonchev–Trinajstić information content (AvgIpc) is 2.27. The lowest BCUT2D eigenvalue weighted by Gasteiger charge is -2.07. The topological polar surface area (TPSA) is 27.2 Å². The van der Waals surface area contributed by atoms with Crippen LogP contribution in [0.3, 0.4) is 0 Å². The zero-order chi connectivity index (χ0) is 10.3. The Morgan fingerprint density at radius 3 is 2.87 bits per heavy atom. The minimum absolute atomic E-state index is 0.0823. The molecule has 15 heavy (non-hydrogen) atoms. The molecule has 2 heterocycles. The fraction of sp³-hybridized carbons (Fsp3) is 0. The Kier molecular flexibility index (Phi) is 1.62. The van der Waals surface area contributed by atoms with Crippen LogP contribution in [0.25, 0.3) is 16.3 Å². The molecule has 0 saturated carbocycles. The third kappa shape index (κ3) is 1.22. The lowest BCUT2D eigenvalue weighted by molar-refractivity contribution is -0.510. The van der Waals surface area contributed by atoms with Gasteiger partial charge in [0.05, 0.1) is 0 Å². The SMILES string of the molecule is [O-]c1cccc2c[n+]3ccccc3cc12. The Balaban J connectivity index is 2.53. The molecular weight excluding hydrogens is 186 g/mol. The molecule has 0 amide bonds. The van der Waals surface area contributed by atoms with Gasteiger partial charge in [-0.25, -0.2) is 0 Å². The molecule has 0 spiro atoms. The standard InChI is InChI=1S/C13H9NO/c15-13-6-3-4-10-9-14-7-2-1-5-11(14)8-12(10)13/h1-9H. The number of nitrogens with zero attached hydrogens (tertiary/aromatic N) is 1. The maximum Gasteiger partial charge on any atom is 0.211 e. The van der Waals surface area contributed by atoms with E-state index in [0.29, 0.717) is 0 Å². The predicted molar refractivity (Wildman–Crippen MR) is 56.6 cm³/mol. The monoisotopic (exact) mass is 195 g/mol. The van der Waals surface area contributed by atoms with E-state index in [1.165, 1.54) is 0 Å². The fourth-order valence-corrected chi connectivity index (χ4v) is 1.83. The lowest BCUT2D eigenvalue weighted by atomic mass is 10.1. The third-order valence-electron chi connectivity index (χ3n) is 2.59. The number of aromatic nitrogens is 1. The zero-order valence-electron chi connectivity index (χ0n) is 8.05. The van der Waals surface area contributed by atoms with Crippen molar-refractivity contribution in [3.8, 4) is 5.75 Å². The minimum Gasteiger partial charge on any atom is -0.872 e. The maximum atomic E-state index is 11.6. The van der Waals surface area contributed by atoms with E-state index in [9.17, 15) is 5.11 Å². The van der Waals surface area contributed by atoms with Crippen LogP contribution in [-0.2, 0) is 0 Å². The number of rotatable bonds is 0. The van der Waals surface area contributed by atoms with Crippen molar-refractivity contribution in [3.63, 3.8) is 0 Å². The summed E-state index contributed by atoms with van der Waals surface area (Å²) in [7, 11) is 0. The first-order valence-corrected chi connectivity index (χ1v) is 4.84. The molecule has 0 bridgehead atoms. The Hall–Kier alpha value is -2.09. The van der Waals surface area contributed by atoms with Gasteiger partial charge in [-0.3, -0.25) is 0 Å². The number of benzene rings is 1. The van der Waals surface area contributed by atoms with E-state index in [0.717, 1.165) is 16.3 Å². The molecule has 0 radical (unpaired) electrons. The second kappa shape index (κ2) is 2.95. The van der Waals surface area contributed by atoms with E-state index in [4.69, 9.17) is 0 Å². The highest BCUT2D eigenvalue weighted by Crippen LogP contribution is 2.21. The zero-order valence-corrected chi connectivity index (χ0v) is 8.05. The third-order valence-corrected chi connectivity index (χ3v) is 2.59. The first-order chi connectivity index (χ1) is 7.34. The Morgan fingerprint density at radius 2 is 1.93 bits per heavy atom. The van der Waals surface area contributed by atoms with Crippen molar-refractivity contribution in [2.45, 2.75) is 0 Å². The maximum absolute atomic E-state index is 11.6. The van der Waals surface area contributed by atoms with Gasteiger partial charge in [-0.15, -0.1) is 5.75 Å². The van der Waals surface area contributed by atoms with E-state index in [-0.39, 0.29) is 5.75 Å². The van der Waals surface area contributed by atoms with Gasteiger partial charge in [0.1, 0.15) is 0 Å². The molecule has 0 fully saturated rings. The normalized spacial score (nSPS) is 10.9. The van der Waals surface area contributed by atoms with Crippen LogP contribution in [0.4, 0.5) is 0 Å². The van der Waals surface area contributed by atoms with Crippen LogP contribution >= 0.6 is 0 Å². The molecule has 3 aromatic rings. The van der Waals surface area contributed by atoms with Gasteiger partial charge in [0.25, 0.3) is 0 Å². The molecule has 2 nitrogen and oxygen atoms in total. The lowest BCUT2D eigenvalue weighted by Crippen LogP contribution is -2.19. The van der Waals surface area contributed by atoms with Gasteiger partial charge in [0, 0.05) is 23.6 Å². The molecule has 0 saturated heterocycles. The van der Waals surface area contributed by atoms with E-state index in [1.807, 2.05) is 47.1 Å². The summed E-state index contributed by atoms with van der Waals surface area (Å²) in [5.41, 5.74) is 1.04. The van der Waals surface area contributed by atoms with Gasteiger partial charge in [-0.05, 0) is 17.5 Å². The molecule has 0 aliphatic carbocycles. The summed E-state index contributed by atoms with van der Waals surface area (Å²) < 4.78 is 2.02. The second-order valence-electron chi connectivity index (χ2n) is 3.57. The fourth-order valence-electron chi connectivity index (χ4n) is 1.83. The predicted octanol–water partition coefficient (Wildman–Crippen LogP) is 1.65. The van der Waals surface area contributed by atoms with Crippen LogP contribution in [-0.4, -0.2) is 0 Å². The van der Waals surface area contributed by atoms with Crippen molar-refractivity contribution in [2.24, 2.45) is 0 Å². The van der Waals surface area contributed by atoms with Crippen LogP contribution in [0.1, 0.15) is 0 Å². The quantitative estimate of drug-likeness (QED) is 0.396. The molecule has 0 aliphatic heterocycles. The number of pyridine rings is 2.